The van der Waals surface area contributed by atoms with Crippen molar-refractivity contribution in [1.29, 1.82) is 0 Å². The molecule has 5 heteroatoms. The summed E-state index contributed by atoms with van der Waals surface area (Å²) in [6, 6.07) is 15.2. The summed E-state index contributed by atoms with van der Waals surface area (Å²) >= 11 is 0. The Hall–Kier alpha value is -2.82. The third-order valence-corrected chi connectivity index (χ3v) is 8.36. The van der Waals surface area contributed by atoms with E-state index in [-0.39, 0.29) is 35.7 Å². The molecule has 4 rings (SSSR count). The Bertz CT molecular complexity index is 1020. The second-order valence-electron chi connectivity index (χ2n) is 9.84. The summed E-state index contributed by atoms with van der Waals surface area (Å²) in [5.41, 5.74) is 2.12. The molecule has 6 atom stereocenters. The number of carbonyl (C=O) groups is 2. The molecule has 1 fully saturated rings. The summed E-state index contributed by atoms with van der Waals surface area (Å²) in [6.07, 6.45) is 2.75. The second-order valence-corrected chi connectivity index (χ2v) is 9.84. The highest BCUT2D eigenvalue weighted by molar-refractivity contribution is 5.89. The van der Waals surface area contributed by atoms with Gasteiger partial charge in [0.25, 0.3) is 0 Å². The monoisotopic (exact) mass is 450 g/mol. The molecular weight excluding hydrogens is 416 g/mol. The molecule has 0 aliphatic heterocycles. The van der Waals surface area contributed by atoms with Gasteiger partial charge in [0, 0.05) is 5.92 Å². The van der Waals surface area contributed by atoms with E-state index in [1.165, 1.54) is 11.1 Å². The van der Waals surface area contributed by atoms with E-state index in [9.17, 15) is 14.7 Å². The molecule has 1 unspecified atom stereocenters. The third kappa shape index (κ3) is 4.03. The van der Waals surface area contributed by atoms with Crippen LogP contribution in [0.25, 0.3) is 0 Å². The fraction of sp³-hybridized carbons (Fsp3) is 0.500. The summed E-state index contributed by atoms with van der Waals surface area (Å²) in [4.78, 5) is 25.5. The number of aliphatic carboxylic acids is 1. The zero-order valence-corrected chi connectivity index (χ0v) is 19.9. The molecule has 0 bridgehead atoms. The van der Waals surface area contributed by atoms with Crippen LogP contribution < -0.4 is 4.74 Å². The number of hydrogen-bond acceptors (Lipinski definition) is 4. The number of carboxylic acids is 1. The summed E-state index contributed by atoms with van der Waals surface area (Å²) in [5, 5.41) is 10.3. The third-order valence-electron chi connectivity index (χ3n) is 8.36. The van der Waals surface area contributed by atoms with Gasteiger partial charge in [0.05, 0.1) is 18.1 Å². The highest BCUT2D eigenvalue weighted by Crippen LogP contribution is 2.59. The summed E-state index contributed by atoms with van der Waals surface area (Å²) < 4.78 is 11.5. The number of hydrogen-bond donors (Lipinski definition) is 1. The van der Waals surface area contributed by atoms with Gasteiger partial charge < -0.3 is 14.6 Å². The van der Waals surface area contributed by atoms with Crippen molar-refractivity contribution >= 4 is 11.9 Å². The molecular formula is C28H34O5. The van der Waals surface area contributed by atoms with Crippen molar-refractivity contribution in [3.05, 3.63) is 65.2 Å². The van der Waals surface area contributed by atoms with Crippen LogP contribution in [0.2, 0.25) is 0 Å². The molecule has 0 saturated heterocycles. The van der Waals surface area contributed by atoms with E-state index in [1.54, 1.807) is 19.2 Å². The first-order valence-electron chi connectivity index (χ1n) is 12.0. The van der Waals surface area contributed by atoms with Gasteiger partial charge in [0.15, 0.2) is 0 Å². The Labute approximate surface area is 196 Å². The number of benzene rings is 2. The van der Waals surface area contributed by atoms with Crippen LogP contribution in [-0.2, 0) is 16.0 Å². The maximum Gasteiger partial charge on any atom is 0.338 e. The van der Waals surface area contributed by atoms with Crippen LogP contribution in [0.1, 0.15) is 67.4 Å². The van der Waals surface area contributed by atoms with E-state index in [4.69, 9.17) is 9.47 Å². The lowest BCUT2D eigenvalue weighted by molar-refractivity contribution is -0.164. The van der Waals surface area contributed by atoms with Gasteiger partial charge in [0.2, 0.25) is 0 Å². The van der Waals surface area contributed by atoms with E-state index < -0.39 is 11.4 Å². The Morgan fingerprint density at radius 3 is 2.55 bits per heavy atom. The normalized spacial score (nSPS) is 29.3. The zero-order valence-electron chi connectivity index (χ0n) is 19.9. The Morgan fingerprint density at radius 2 is 1.91 bits per heavy atom. The van der Waals surface area contributed by atoms with Crippen LogP contribution >= 0.6 is 0 Å². The minimum atomic E-state index is -0.819. The lowest BCUT2D eigenvalue weighted by Crippen LogP contribution is -2.54. The highest BCUT2D eigenvalue weighted by atomic mass is 16.5. The molecule has 2 aromatic rings. The van der Waals surface area contributed by atoms with Crippen molar-refractivity contribution in [3.8, 4) is 5.75 Å². The summed E-state index contributed by atoms with van der Waals surface area (Å²) in [7, 11) is 1.66. The smallest absolute Gasteiger partial charge is 0.338 e. The van der Waals surface area contributed by atoms with E-state index in [1.807, 2.05) is 45.0 Å². The summed E-state index contributed by atoms with van der Waals surface area (Å²) in [6.45, 7) is 6.01. The minimum Gasteiger partial charge on any atom is -0.497 e. The predicted molar refractivity (Wildman–Crippen MR) is 126 cm³/mol. The fourth-order valence-corrected chi connectivity index (χ4v) is 6.33. The first-order chi connectivity index (χ1) is 15.8. The van der Waals surface area contributed by atoms with Crippen LogP contribution in [0.3, 0.4) is 0 Å². The van der Waals surface area contributed by atoms with Gasteiger partial charge >= 0.3 is 11.9 Å². The lowest BCUT2D eigenvalue weighted by atomic mass is 9.49. The number of carbonyl (C=O) groups excluding carboxylic acids is 1. The molecule has 0 spiro atoms. The number of ether oxygens (including phenoxy) is 2. The van der Waals surface area contributed by atoms with Gasteiger partial charge in [-0.15, -0.1) is 0 Å². The molecule has 1 N–H and O–H groups in total. The molecule has 33 heavy (non-hydrogen) atoms. The average molecular weight is 451 g/mol. The molecule has 0 radical (unpaired) electrons. The molecule has 176 valence electrons. The van der Waals surface area contributed by atoms with Gasteiger partial charge in [0.1, 0.15) is 11.9 Å². The van der Waals surface area contributed by atoms with Gasteiger partial charge in [-0.2, -0.15) is 0 Å². The second kappa shape index (κ2) is 9.20. The number of rotatable bonds is 6. The van der Waals surface area contributed by atoms with Crippen molar-refractivity contribution in [3.63, 3.8) is 0 Å². The highest BCUT2D eigenvalue weighted by Gasteiger charge is 2.57. The number of aryl methyl sites for hydroxylation is 1. The molecule has 2 aliphatic rings. The average Bonchev–Trinajstić information content (AvgIpc) is 2.84. The Balaban J connectivity index is 1.74. The van der Waals surface area contributed by atoms with Crippen molar-refractivity contribution in [1.82, 2.24) is 0 Å². The Kier molecular flexibility index (Phi) is 6.51. The quantitative estimate of drug-likeness (QED) is 0.570. The molecule has 1 saturated carbocycles. The van der Waals surface area contributed by atoms with Crippen LogP contribution in [0.5, 0.6) is 5.75 Å². The summed E-state index contributed by atoms with van der Waals surface area (Å²) in [5.74, 6) is -0.192. The lowest BCUT2D eigenvalue weighted by Gasteiger charge is -2.54. The van der Waals surface area contributed by atoms with Crippen molar-refractivity contribution in [2.45, 2.75) is 58.5 Å². The molecule has 2 aromatic carbocycles. The molecule has 0 amide bonds. The maximum atomic E-state index is 12.9. The topological polar surface area (TPSA) is 72.8 Å². The van der Waals surface area contributed by atoms with Crippen LogP contribution in [0, 0.1) is 23.2 Å². The van der Waals surface area contributed by atoms with Crippen molar-refractivity contribution in [2.75, 3.05) is 7.11 Å². The zero-order chi connectivity index (χ0) is 23.8. The van der Waals surface area contributed by atoms with E-state index >= 15 is 0 Å². The first-order valence-corrected chi connectivity index (χ1v) is 12.0. The SMILES string of the molecule is CCC(OC(=O)c1ccccc1)[C@@H]1C[C@@H](C)[C@@](C)(C(=O)O)[C@H]2CCc3cc(OC)ccc3[C@H]12. The molecule has 2 aliphatic carbocycles. The number of methoxy groups -OCH3 is 1. The van der Waals surface area contributed by atoms with E-state index in [0.717, 1.165) is 18.6 Å². The predicted octanol–water partition coefficient (Wildman–Crippen LogP) is 5.72. The van der Waals surface area contributed by atoms with Gasteiger partial charge in [-0.1, -0.05) is 38.1 Å². The number of carboxylic acid groups (broad SMARTS) is 1. The minimum absolute atomic E-state index is 0.0190. The molecule has 0 heterocycles. The molecule has 5 nitrogen and oxygen atoms in total. The molecule has 0 aromatic heterocycles. The van der Waals surface area contributed by atoms with E-state index in [0.29, 0.717) is 18.4 Å². The fourth-order valence-electron chi connectivity index (χ4n) is 6.33. The van der Waals surface area contributed by atoms with Crippen molar-refractivity contribution < 1.29 is 24.2 Å². The van der Waals surface area contributed by atoms with Gasteiger partial charge in [-0.3, -0.25) is 4.79 Å². The van der Waals surface area contributed by atoms with Crippen LogP contribution in [0.15, 0.2) is 48.5 Å². The van der Waals surface area contributed by atoms with Crippen molar-refractivity contribution in [2.24, 2.45) is 23.2 Å². The maximum absolute atomic E-state index is 12.9. The first kappa shape index (κ1) is 23.3. The van der Waals surface area contributed by atoms with Crippen LogP contribution in [-0.4, -0.2) is 30.3 Å². The number of esters is 1. The van der Waals surface area contributed by atoms with Gasteiger partial charge in [-0.05, 0) is 85.8 Å². The van der Waals surface area contributed by atoms with Gasteiger partial charge in [-0.25, -0.2) is 4.79 Å². The number of fused-ring (bicyclic) bond motifs is 3. The van der Waals surface area contributed by atoms with Crippen LogP contribution in [0.4, 0.5) is 0 Å². The van der Waals surface area contributed by atoms with E-state index in [2.05, 4.69) is 12.1 Å². The Morgan fingerprint density at radius 1 is 1.18 bits per heavy atom. The largest absolute Gasteiger partial charge is 0.497 e. The standard InChI is InChI=1S/C28H34O5/c1-5-24(33-26(29)18-9-7-6-8-10-18)22-15-17(2)28(3,27(30)31)23-14-11-19-16-20(32-4)12-13-21(19)25(22)23/h6-10,12-13,16-17,22-25H,5,11,14-15H2,1-4H3,(H,30,31)/t17-,22+,23+,24?,25-,28-/m1/s1.